The Morgan fingerprint density at radius 2 is 1.95 bits per heavy atom. The number of hydrogen-bond donors (Lipinski definition) is 2. The van der Waals surface area contributed by atoms with Crippen molar-refractivity contribution in [2.45, 2.75) is 38.6 Å². The van der Waals surface area contributed by atoms with Gasteiger partial charge in [0.25, 0.3) is 0 Å². The van der Waals surface area contributed by atoms with Gasteiger partial charge in [0.15, 0.2) is 0 Å². The molecule has 2 N–H and O–H groups in total. The Hall–Kier alpha value is -1.30. The van der Waals surface area contributed by atoms with Gasteiger partial charge in [-0.15, -0.1) is 0 Å². The van der Waals surface area contributed by atoms with Crippen molar-refractivity contribution in [3.63, 3.8) is 0 Å². The minimum absolute atomic E-state index is 0.127. The van der Waals surface area contributed by atoms with Gasteiger partial charge >= 0.3 is 12.0 Å². The second-order valence-corrected chi connectivity index (χ2v) is 6.26. The number of likely N-dealkylation sites (N-methyl/N-ethyl adjacent to an activating group) is 1. The number of carbonyl (C=O) groups is 2. The molecular formula is C14H25N3O3. The number of carboxylic acid groups (broad SMARTS) is 1. The van der Waals surface area contributed by atoms with Gasteiger partial charge in [-0.2, -0.15) is 0 Å². The zero-order valence-electron chi connectivity index (χ0n) is 12.4. The first-order valence-corrected chi connectivity index (χ1v) is 7.41. The van der Waals surface area contributed by atoms with Crippen LogP contribution in [-0.2, 0) is 4.79 Å². The fourth-order valence-electron chi connectivity index (χ4n) is 3.31. The lowest BCUT2D eigenvalue weighted by Gasteiger charge is -2.38. The number of piperazine rings is 1. The van der Waals surface area contributed by atoms with Gasteiger partial charge in [-0.1, -0.05) is 12.8 Å². The molecule has 114 valence electrons. The highest BCUT2D eigenvalue weighted by atomic mass is 16.4. The molecule has 6 heteroatoms. The quantitative estimate of drug-likeness (QED) is 0.810. The van der Waals surface area contributed by atoms with E-state index in [1.807, 2.05) is 18.9 Å². The number of nitrogens with zero attached hydrogens (tertiary/aromatic N) is 2. The Morgan fingerprint density at radius 1 is 1.30 bits per heavy atom. The highest BCUT2D eigenvalue weighted by Crippen LogP contribution is 2.37. The number of carbonyl (C=O) groups excluding carboxylic acids is 1. The summed E-state index contributed by atoms with van der Waals surface area (Å²) in [4.78, 5) is 27.7. The first-order valence-electron chi connectivity index (χ1n) is 7.41. The number of aliphatic carboxylic acids is 1. The maximum atomic E-state index is 12.2. The van der Waals surface area contributed by atoms with Crippen LogP contribution in [0.4, 0.5) is 4.79 Å². The molecule has 2 amide bonds. The van der Waals surface area contributed by atoms with Crippen molar-refractivity contribution >= 4 is 12.0 Å². The molecule has 0 aromatic heterocycles. The van der Waals surface area contributed by atoms with Crippen molar-refractivity contribution in [1.82, 2.24) is 15.1 Å². The molecule has 2 fully saturated rings. The number of amides is 2. The molecule has 1 atom stereocenters. The van der Waals surface area contributed by atoms with E-state index < -0.39 is 11.4 Å². The van der Waals surface area contributed by atoms with Gasteiger partial charge in [-0.3, -0.25) is 4.79 Å². The summed E-state index contributed by atoms with van der Waals surface area (Å²) in [6.45, 7) is 4.70. The highest BCUT2D eigenvalue weighted by Gasteiger charge is 2.42. The van der Waals surface area contributed by atoms with Crippen molar-refractivity contribution in [3.05, 3.63) is 0 Å². The zero-order chi connectivity index (χ0) is 14.8. The molecule has 0 aromatic carbocycles. The van der Waals surface area contributed by atoms with E-state index in [1.165, 1.54) is 0 Å². The summed E-state index contributed by atoms with van der Waals surface area (Å²) >= 11 is 0. The predicted molar refractivity (Wildman–Crippen MR) is 75.6 cm³/mol. The van der Waals surface area contributed by atoms with Crippen molar-refractivity contribution in [2.75, 3.05) is 33.2 Å². The minimum Gasteiger partial charge on any atom is -0.481 e. The molecule has 2 rings (SSSR count). The molecule has 6 nitrogen and oxygen atoms in total. The Bertz CT molecular complexity index is 380. The van der Waals surface area contributed by atoms with Gasteiger partial charge in [0.05, 0.1) is 5.41 Å². The molecule has 1 aliphatic heterocycles. The molecular weight excluding hydrogens is 258 g/mol. The van der Waals surface area contributed by atoms with Crippen molar-refractivity contribution < 1.29 is 14.7 Å². The second kappa shape index (κ2) is 5.99. The van der Waals surface area contributed by atoms with Crippen LogP contribution < -0.4 is 5.32 Å². The number of hydrogen-bond acceptors (Lipinski definition) is 3. The average molecular weight is 283 g/mol. The second-order valence-electron chi connectivity index (χ2n) is 6.26. The van der Waals surface area contributed by atoms with Crippen LogP contribution in [0.2, 0.25) is 0 Å². The molecule has 0 aromatic rings. The van der Waals surface area contributed by atoms with E-state index in [0.717, 1.165) is 25.9 Å². The third-order valence-electron chi connectivity index (χ3n) is 4.68. The third-order valence-corrected chi connectivity index (χ3v) is 4.68. The summed E-state index contributed by atoms with van der Waals surface area (Å²) in [5.74, 6) is -0.776. The van der Waals surface area contributed by atoms with E-state index >= 15 is 0 Å². The highest BCUT2D eigenvalue weighted by molar-refractivity contribution is 5.78. The fraction of sp³-hybridized carbons (Fsp3) is 0.857. The fourth-order valence-corrected chi connectivity index (χ4v) is 3.31. The van der Waals surface area contributed by atoms with Crippen LogP contribution in [0.25, 0.3) is 0 Å². The molecule has 1 heterocycles. The van der Waals surface area contributed by atoms with E-state index in [2.05, 4.69) is 10.2 Å². The Kier molecular flexibility index (Phi) is 4.52. The predicted octanol–water partition coefficient (Wildman–Crippen LogP) is 0.977. The first-order chi connectivity index (χ1) is 9.44. The van der Waals surface area contributed by atoms with Crippen LogP contribution in [0.1, 0.15) is 32.6 Å². The molecule has 0 bridgehead atoms. The molecule has 0 spiro atoms. The monoisotopic (exact) mass is 283 g/mol. The van der Waals surface area contributed by atoms with Crippen molar-refractivity contribution in [2.24, 2.45) is 5.41 Å². The zero-order valence-corrected chi connectivity index (χ0v) is 12.4. The molecule has 1 aliphatic carbocycles. The Balaban J connectivity index is 1.90. The average Bonchev–Trinajstić information content (AvgIpc) is 2.86. The summed E-state index contributed by atoms with van der Waals surface area (Å²) < 4.78 is 0. The molecule has 2 aliphatic rings. The number of carboxylic acids is 1. The summed E-state index contributed by atoms with van der Waals surface area (Å²) in [6, 6.07) is 0.0382. The number of nitrogens with one attached hydrogen (secondary N) is 1. The van der Waals surface area contributed by atoms with Crippen LogP contribution in [0, 0.1) is 5.41 Å². The van der Waals surface area contributed by atoms with Gasteiger partial charge < -0.3 is 20.2 Å². The number of urea groups is 1. The lowest BCUT2D eigenvalue weighted by Crippen LogP contribution is -2.56. The van der Waals surface area contributed by atoms with E-state index in [1.54, 1.807) is 0 Å². The normalized spacial score (nSPS) is 26.5. The van der Waals surface area contributed by atoms with Crippen molar-refractivity contribution in [1.29, 1.82) is 0 Å². The SMILES string of the molecule is CC1CN(C)CCN1C(=O)NCC1(C(=O)O)CCCC1. The maximum Gasteiger partial charge on any atom is 0.317 e. The van der Waals surface area contributed by atoms with Crippen LogP contribution in [0.5, 0.6) is 0 Å². The topological polar surface area (TPSA) is 72.9 Å². The maximum absolute atomic E-state index is 12.2. The Morgan fingerprint density at radius 3 is 2.50 bits per heavy atom. The summed E-state index contributed by atoms with van der Waals surface area (Å²) in [5, 5.41) is 12.3. The number of rotatable bonds is 3. The van der Waals surface area contributed by atoms with Crippen LogP contribution in [-0.4, -0.2) is 66.2 Å². The van der Waals surface area contributed by atoms with E-state index in [0.29, 0.717) is 19.4 Å². The lowest BCUT2D eigenvalue weighted by atomic mass is 9.86. The van der Waals surface area contributed by atoms with E-state index in [-0.39, 0.29) is 18.6 Å². The molecule has 0 radical (unpaired) electrons. The standard InChI is InChI=1S/C14H25N3O3/c1-11-9-16(2)7-8-17(11)13(20)15-10-14(12(18)19)5-3-4-6-14/h11H,3-10H2,1-2H3,(H,15,20)(H,18,19). The van der Waals surface area contributed by atoms with Gasteiger partial charge in [-0.05, 0) is 26.8 Å². The summed E-state index contributed by atoms with van der Waals surface area (Å²) in [5.41, 5.74) is -0.745. The first kappa shape index (κ1) is 15.1. The Labute approximate surface area is 120 Å². The van der Waals surface area contributed by atoms with Crippen LogP contribution in [0.15, 0.2) is 0 Å². The molecule has 20 heavy (non-hydrogen) atoms. The largest absolute Gasteiger partial charge is 0.481 e. The third kappa shape index (κ3) is 3.06. The van der Waals surface area contributed by atoms with Gasteiger partial charge in [-0.25, -0.2) is 4.79 Å². The smallest absolute Gasteiger partial charge is 0.317 e. The molecule has 1 unspecified atom stereocenters. The summed E-state index contributed by atoms with van der Waals surface area (Å²) in [7, 11) is 2.05. The van der Waals surface area contributed by atoms with E-state index in [4.69, 9.17) is 0 Å². The van der Waals surface area contributed by atoms with Crippen LogP contribution in [0.3, 0.4) is 0 Å². The van der Waals surface area contributed by atoms with Gasteiger partial charge in [0, 0.05) is 32.2 Å². The van der Waals surface area contributed by atoms with Crippen LogP contribution >= 0.6 is 0 Å². The lowest BCUT2D eigenvalue weighted by molar-refractivity contribution is -0.148. The minimum atomic E-state index is -0.776. The molecule has 1 saturated carbocycles. The van der Waals surface area contributed by atoms with E-state index in [9.17, 15) is 14.7 Å². The van der Waals surface area contributed by atoms with Gasteiger partial charge in [0.1, 0.15) is 0 Å². The summed E-state index contributed by atoms with van der Waals surface area (Å²) in [6.07, 6.45) is 3.21. The van der Waals surface area contributed by atoms with Crippen molar-refractivity contribution in [3.8, 4) is 0 Å². The molecule has 1 saturated heterocycles. The van der Waals surface area contributed by atoms with Gasteiger partial charge in [0.2, 0.25) is 0 Å².